The number of carbonyl (C=O) groups is 1. The molecule has 0 spiro atoms. The number of carbonyl (C=O) groups excluding carboxylic acids is 1. The van der Waals surface area contributed by atoms with Crippen molar-refractivity contribution in [1.29, 1.82) is 0 Å². The molecule has 3 N–H and O–H groups in total. The van der Waals surface area contributed by atoms with Crippen LogP contribution in [-0.2, 0) is 23.4 Å². The van der Waals surface area contributed by atoms with Gasteiger partial charge in [-0.05, 0) is 66.3 Å². The molecule has 50 heavy (non-hydrogen) atoms. The molecule has 0 aliphatic carbocycles. The molecule has 0 bridgehead atoms. The van der Waals surface area contributed by atoms with Gasteiger partial charge in [0.1, 0.15) is 30.3 Å². The normalized spacial score (nSPS) is 18.5. The Kier molecular flexibility index (Phi) is 11.1. The Hall–Kier alpha value is -4.03. The molecule has 10 nitrogen and oxygen atoms in total. The minimum atomic E-state index is -0.554. The van der Waals surface area contributed by atoms with Crippen LogP contribution in [0.5, 0.6) is 11.5 Å². The van der Waals surface area contributed by atoms with Crippen LogP contribution in [-0.4, -0.2) is 65.4 Å². The zero-order valence-corrected chi connectivity index (χ0v) is 29.2. The van der Waals surface area contributed by atoms with Gasteiger partial charge in [-0.15, -0.1) is 12.4 Å². The van der Waals surface area contributed by atoms with E-state index in [0.29, 0.717) is 33.0 Å². The van der Waals surface area contributed by atoms with Crippen molar-refractivity contribution >= 4 is 43.7 Å². The third-order valence-corrected chi connectivity index (χ3v) is 8.62. The maximum absolute atomic E-state index is 12.1. The quantitative estimate of drug-likeness (QED) is 0.279. The zero-order chi connectivity index (χ0) is 34.0. The van der Waals surface area contributed by atoms with E-state index in [4.69, 9.17) is 38.6 Å². The van der Waals surface area contributed by atoms with Gasteiger partial charge in [0, 0.05) is 24.0 Å². The van der Waals surface area contributed by atoms with E-state index in [1.54, 1.807) is 0 Å². The van der Waals surface area contributed by atoms with Crippen LogP contribution < -0.4 is 31.4 Å². The molecule has 0 saturated heterocycles. The molecular formula is C37H41B2ClN2O8. The van der Waals surface area contributed by atoms with Crippen molar-refractivity contribution in [3.05, 3.63) is 96.1 Å². The van der Waals surface area contributed by atoms with E-state index in [1.807, 2.05) is 75.4 Å². The molecule has 0 fully saturated rings. The molecule has 4 aliphatic heterocycles. The van der Waals surface area contributed by atoms with Gasteiger partial charge in [-0.25, -0.2) is 4.79 Å². The van der Waals surface area contributed by atoms with E-state index < -0.39 is 18.8 Å². The van der Waals surface area contributed by atoms with Gasteiger partial charge in [0.05, 0.1) is 25.4 Å². The lowest BCUT2D eigenvalue weighted by Crippen LogP contribution is -2.35. The molecule has 4 aliphatic rings. The number of alkyl carbamates (subject to hydrolysis) is 1. The summed E-state index contributed by atoms with van der Waals surface area (Å²) >= 11 is 0. The first-order valence-corrected chi connectivity index (χ1v) is 16.7. The Morgan fingerprint density at radius 2 is 1.22 bits per heavy atom. The van der Waals surface area contributed by atoms with Gasteiger partial charge in [0.15, 0.2) is 0 Å². The van der Waals surface area contributed by atoms with Crippen LogP contribution in [0.4, 0.5) is 4.79 Å². The average Bonchev–Trinajstić information content (AvgIpc) is 3.49. The van der Waals surface area contributed by atoms with Crippen LogP contribution in [0.15, 0.2) is 84.9 Å². The molecule has 4 heterocycles. The lowest BCUT2D eigenvalue weighted by atomic mass is 9.75. The van der Waals surface area contributed by atoms with Gasteiger partial charge in [-0.1, -0.05) is 72.8 Å². The number of hydrogen-bond donors (Lipinski definition) is 2. The molecule has 1 amide bonds. The number of rotatable bonds is 5. The number of halogens is 1. The summed E-state index contributed by atoms with van der Waals surface area (Å²) < 4.78 is 40.7. The maximum atomic E-state index is 12.1. The van der Waals surface area contributed by atoms with Crippen molar-refractivity contribution in [2.75, 3.05) is 39.5 Å². The van der Waals surface area contributed by atoms with Crippen LogP contribution in [0, 0.1) is 0 Å². The predicted octanol–water partition coefficient (Wildman–Crippen LogP) is 4.96. The second-order valence-corrected chi connectivity index (χ2v) is 13.1. The summed E-state index contributed by atoms with van der Waals surface area (Å²) in [7, 11) is -0.865. The van der Waals surface area contributed by atoms with Crippen molar-refractivity contribution in [1.82, 2.24) is 5.32 Å². The number of amides is 1. The molecule has 2 atom stereocenters. The third kappa shape index (κ3) is 7.51. The van der Waals surface area contributed by atoms with Gasteiger partial charge in [0.25, 0.3) is 0 Å². The molecule has 0 saturated carbocycles. The molecule has 0 aromatic heterocycles. The predicted molar refractivity (Wildman–Crippen MR) is 196 cm³/mol. The molecule has 4 aromatic rings. The summed E-state index contributed by atoms with van der Waals surface area (Å²) in [5.74, 6) is 1.63. The maximum Gasteiger partial charge on any atom is 0.498 e. The van der Waals surface area contributed by atoms with Crippen LogP contribution in [0.2, 0.25) is 0 Å². The van der Waals surface area contributed by atoms with Crippen molar-refractivity contribution in [2.24, 2.45) is 5.73 Å². The molecule has 0 unspecified atom stereocenters. The number of nitrogens with one attached hydrogen (secondary N) is 1. The molecule has 13 heteroatoms. The molecule has 260 valence electrons. The minimum Gasteiger partial charge on any atom is -0.492 e. The largest absolute Gasteiger partial charge is 0.498 e. The Morgan fingerprint density at radius 3 is 1.70 bits per heavy atom. The highest BCUT2D eigenvalue weighted by atomic mass is 35.5. The summed E-state index contributed by atoms with van der Waals surface area (Å²) in [4.78, 5) is 12.1. The monoisotopic (exact) mass is 698 g/mol. The smallest absolute Gasteiger partial charge is 0.492 e. The van der Waals surface area contributed by atoms with E-state index in [2.05, 4.69) is 35.6 Å². The zero-order valence-electron chi connectivity index (χ0n) is 28.4. The second kappa shape index (κ2) is 15.5. The summed E-state index contributed by atoms with van der Waals surface area (Å²) in [6.45, 7) is 8.22. The first-order chi connectivity index (χ1) is 23.8. The van der Waals surface area contributed by atoms with Crippen molar-refractivity contribution in [3.63, 3.8) is 0 Å². The van der Waals surface area contributed by atoms with Crippen LogP contribution in [0.1, 0.15) is 44.1 Å². The average molecular weight is 699 g/mol. The lowest BCUT2D eigenvalue weighted by molar-refractivity contribution is 0.0494. The first kappa shape index (κ1) is 35.8. The van der Waals surface area contributed by atoms with Crippen molar-refractivity contribution in [3.8, 4) is 33.8 Å². The van der Waals surface area contributed by atoms with Gasteiger partial charge < -0.3 is 43.9 Å². The van der Waals surface area contributed by atoms with Crippen LogP contribution in [0.25, 0.3) is 22.3 Å². The van der Waals surface area contributed by atoms with Gasteiger partial charge in [-0.3, -0.25) is 0 Å². The Bertz CT molecular complexity index is 1790. The minimum absolute atomic E-state index is 0. The van der Waals surface area contributed by atoms with Gasteiger partial charge in [0.2, 0.25) is 0 Å². The number of hydrogen-bond acceptors (Lipinski definition) is 9. The SMILES string of the molecule is CC(C)(C)OC(=O)NC[C@H]1OB2OCCOc3ccc(-c4ccccc4)c1c32.Cl.NC[C@H]1OB2OCCOc3ccc(-c4ccccc4)c1c32. The van der Waals surface area contributed by atoms with Gasteiger partial charge in [-0.2, -0.15) is 0 Å². The third-order valence-electron chi connectivity index (χ3n) is 8.62. The van der Waals surface area contributed by atoms with E-state index in [1.165, 1.54) is 0 Å². The highest BCUT2D eigenvalue weighted by Crippen LogP contribution is 2.39. The molecule has 8 rings (SSSR count). The summed E-state index contributed by atoms with van der Waals surface area (Å²) in [6.07, 6.45) is -0.978. The van der Waals surface area contributed by atoms with Crippen molar-refractivity contribution in [2.45, 2.75) is 38.6 Å². The van der Waals surface area contributed by atoms with Crippen LogP contribution in [0.3, 0.4) is 0 Å². The molecule has 4 aromatic carbocycles. The van der Waals surface area contributed by atoms with Gasteiger partial charge >= 0.3 is 20.3 Å². The Morgan fingerprint density at radius 1 is 0.740 bits per heavy atom. The summed E-state index contributed by atoms with van der Waals surface area (Å²) in [6, 6.07) is 28.5. The highest BCUT2D eigenvalue weighted by Gasteiger charge is 2.44. The van der Waals surface area contributed by atoms with Crippen LogP contribution >= 0.6 is 12.4 Å². The Balaban J connectivity index is 0.000000176. The van der Waals surface area contributed by atoms with Crippen molar-refractivity contribution < 1.29 is 37.6 Å². The summed E-state index contributed by atoms with van der Waals surface area (Å²) in [5, 5.41) is 2.82. The van der Waals surface area contributed by atoms with E-state index in [-0.39, 0.29) is 38.3 Å². The summed E-state index contributed by atoms with van der Waals surface area (Å²) in [5.41, 5.74) is 13.8. The first-order valence-electron chi connectivity index (χ1n) is 16.7. The topological polar surface area (TPSA) is 120 Å². The van der Waals surface area contributed by atoms with E-state index in [9.17, 15) is 4.79 Å². The fraction of sp³-hybridized carbons (Fsp3) is 0.324. The van der Waals surface area contributed by atoms with E-state index in [0.717, 1.165) is 55.8 Å². The number of benzene rings is 4. The highest BCUT2D eigenvalue weighted by molar-refractivity contribution is 6.65. The standard InChI is InChI=1S/C21H24BNO5.C16H16BNO3.ClH/c1-21(2,3)27-20(24)23-13-17-18-15(14-7-5-4-6-8-14)9-10-16-19(18)22(28-17)26-12-11-25-16;18-10-14-15-12(11-4-2-1-3-5-11)6-7-13-16(15)17(21-14)20-9-8-19-13;/h4-10,17H,11-13H2,1-3H3,(H,23,24);1-7,14H,8-10,18H2;1H/t17-;14-;/m11./s1. The fourth-order valence-electron chi connectivity index (χ4n) is 6.65. The Labute approximate surface area is 299 Å². The number of nitrogens with two attached hydrogens (primary N) is 1. The second-order valence-electron chi connectivity index (χ2n) is 13.1. The number of ether oxygens (including phenoxy) is 3. The lowest BCUT2D eigenvalue weighted by Gasteiger charge is -2.22. The van der Waals surface area contributed by atoms with E-state index >= 15 is 0 Å². The fourth-order valence-corrected chi connectivity index (χ4v) is 6.65. The molecular weight excluding hydrogens is 657 g/mol. The molecule has 0 radical (unpaired) electrons.